The van der Waals surface area contributed by atoms with Crippen molar-refractivity contribution in [2.45, 2.75) is 0 Å². The Morgan fingerprint density at radius 3 is 2.59 bits per heavy atom. The summed E-state index contributed by atoms with van der Waals surface area (Å²) in [5, 5.41) is 6.00. The van der Waals surface area contributed by atoms with Crippen molar-refractivity contribution in [3.8, 4) is 0 Å². The molecule has 1 aromatic carbocycles. The van der Waals surface area contributed by atoms with Gasteiger partial charge in [-0.05, 0) is 18.2 Å². The van der Waals surface area contributed by atoms with Crippen LogP contribution in [0, 0.1) is 0 Å². The standard InChI is InChI=1S/C14H20ClN3O3.ClH/c1-18(2)14(20)11-8-10(4-5-12(11)15)17-13(19)9-16-6-7-21-3;/h4-5,8,16H,6-7,9H2,1-3H3,(H,17,19);1H. The van der Waals surface area contributed by atoms with Crippen LogP contribution in [0.5, 0.6) is 0 Å². The average Bonchev–Trinajstić information content (AvgIpc) is 2.45. The SMILES string of the molecule is COCCNCC(=O)Nc1ccc(Cl)c(C(=O)N(C)C)c1.Cl. The van der Waals surface area contributed by atoms with Crippen LogP contribution in [0.25, 0.3) is 0 Å². The maximum absolute atomic E-state index is 11.9. The molecule has 0 saturated heterocycles. The smallest absolute Gasteiger partial charge is 0.254 e. The average molecular weight is 350 g/mol. The number of ether oxygens (including phenoxy) is 1. The summed E-state index contributed by atoms with van der Waals surface area (Å²) >= 11 is 6.00. The summed E-state index contributed by atoms with van der Waals surface area (Å²) < 4.78 is 4.87. The van der Waals surface area contributed by atoms with Crippen LogP contribution in [0.1, 0.15) is 10.4 Å². The van der Waals surface area contributed by atoms with Crippen molar-refractivity contribution < 1.29 is 14.3 Å². The minimum absolute atomic E-state index is 0. The number of benzene rings is 1. The first-order valence-electron chi connectivity index (χ1n) is 6.46. The van der Waals surface area contributed by atoms with Crippen LogP contribution >= 0.6 is 24.0 Å². The predicted molar refractivity (Wildman–Crippen MR) is 90.1 cm³/mol. The number of hydrogen-bond acceptors (Lipinski definition) is 4. The molecule has 1 rings (SSSR count). The Morgan fingerprint density at radius 1 is 1.32 bits per heavy atom. The third-order valence-corrected chi connectivity index (χ3v) is 2.98. The zero-order valence-corrected chi connectivity index (χ0v) is 14.4. The molecule has 0 aromatic heterocycles. The van der Waals surface area contributed by atoms with E-state index in [1.165, 1.54) is 4.90 Å². The van der Waals surface area contributed by atoms with Crippen molar-refractivity contribution in [2.24, 2.45) is 0 Å². The fraction of sp³-hybridized carbons (Fsp3) is 0.429. The van der Waals surface area contributed by atoms with Crippen LogP contribution in [0.2, 0.25) is 5.02 Å². The Labute approximate surface area is 141 Å². The van der Waals surface area contributed by atoms with E-state index in [4.69, 9.17) is 16.3 Å². The molecular weight excluding hydrogens is 329 g/mol. The molecule has 0 bridgehead atoms. The van der Waals surface area contributed by atoms with Crippen LogP contribution in [-0.4, -0.2) is 57.6 Å². The molecular formula is C14H21Cl2N3O3. The molecule has 0 heterocycles. The van der Waals surface area contributed by atoms with Gasteiger partial charge in [0, 0.05) is 33.4 Å². The normalized spacial score (nSPS) is 9.82. The van der Waals surface area contributed by atoms with Gasteiger partial charge in [-0.25, -0.2) is 0 Å². The lowest BCUT2D eigenvalue weighted by molar-refractivity contribution is -0.115. The number of carbonyl (C=O) groups excluding carboxylic acids is 2. The van der Waals surface area contributed by atoms with Crippen molar-refractivity contribution in [3.63, 3.8) is 0 Å². The van der Waals surface area contributed by atoms with Crippen LogP contribution in [0.3, 0.4) is 0 Å². The molecule has 0 aliphatic carbocycles. The van der Waals surface area contributed by atoms with Crippen molar-refractivity contribution in [1.82, 2.24) is 10.2 Å². The van der Waals surface area contributed by atoms with Gasteiger partial charge in [0.1, 0.15) is 0 Å². The van der Waals surface area contributed by atoms with Crippen LogP contribution in [0.15, 0.2) is 18.2 Å². The van der Waals surface area contributed by atoms with Gasteiger partial charge in [-0.15, -0.1) is 12.4 Å². The molecule has 8 heteroatoms. The van der Waals surface area contributed by atoms with E-state index in [9.17, 15) is 9.59 Å². The predicted octanol–water partition coefficient (Wildman–Crippen LogP) is 1.64. The first-order chi connectivity index (χ1) is 9.95. The first kappa shape index (κ1) is 20.7. The molecule has 0 aliphatic heterocycles. The van der Waals surface area contributed by atoms with E-state index in [0.717, 1.165) is 0 Å². The third kappa shape index (κ3) is 6.62. The Hall–Kier alpha value is -1.34. The quantitative estimate of drug-likeness (QED) is 0.734. The van der Waals surface area contributed by atoms with Crippen molar-refractivity contribution in [3.05, 3.63) is 28.8 Å². The summed E-state index contributed by atoms with van der Waals surface area (Å²) in [6, 6.07) is 4.81. The number of carbonyl (C=O) groups is 2. The Kier molecular flexibility index (Phi) is 9.76. The highest BCUT2D eigenvalue weighted by Crippen LogP contribution is 2.21. The minimum Gasteiger partial charge on any atom is -0.383 e. The van der Waals surface area contributed by atoms with Crippen molar-refractivity contribution >= 4 is 41.5 Å². The molecule has 0 saturated carbocycles. The number of halogens is 2. The van der Waals surface area contributed by atoms with Gasteiger partial charge in [0.2, 0.25) is 5.91 Å². The Balaban J connectivity index is 0.00000441. The molecule has 2 amide bonds. The number of nitrogens with one attached hydrogen (secondary N) is 2. The van der Waals surface area contributed by atoms with E-state index < -0.39 is 0 Å². The van der Waals surface area contributed by atoms with E-state index in [2.05, 4.69) is 10.6 Å². The molecule has 0 aliphatic rings. The molecule has 0 atom stereocenters. The van der Waals surface area contributed by atoms with E-state index in [1.807, 2.05) is 0 Å². The summed E-state index contributed by atoms with van der Waals surface area (Å²) in [6.45, 7) is 1.30. The zero-order valence-electron chi connectivity index (χ0n) is 12.8. The van der Waals surface area contributed by atoms with Gasteiger partial charge in [-0.2, -0.15) is 0 Å². The number of rotatable bonds is 7. The highest BCUT2D eigenvalue weighted by Gasteiger charge is 2.13. The minimum atomic E-state index is -0.214. The lowest BCUT2D eigenvalue weighted by Crippen LogP contribution is -2.30. The van der Waals surface area contributed by atoms with Gasteiger partial charge in [0.25, 0.3) is 5.91 Å². The van der Waals surface area contributed by atoms with Crippen molar-refractivity contribution in [1.29, 1.82) is 0 Å². The van der Waals surface area contributed by atoms with E-state index in [-0.39, 0.29) is 30.8 Å². The molecule has 22 heavy (non-hydrogen) atoms. The maximum atomic E-state index is 11.9. The lowest BCUT2D eigenvalue weighted by Gasteiger charge is -2.13. The number of anilines is 1. The third-order valence-electron chi connectivity index (χ3n) is 2.66. The van der Waals surface area contributed by atoms with Crippen LogP contribution < -0.4 is 10.6 Å². The Bertz CT molecular complexity index is 510. The summed E-state index contributed by atoms with van der Waals surface area (Å²) in [6.07, 6.45) is 0. The second-order valence-electron chi connectivity index (χ2n) is 4.61. The van der Waals surface area contributed by atoms with Gasteiger partial charge < -0.3 is 20.3 Å². The molecule has 0 radical (unpaired) electrons. The lowest BCUT2D eigenvalue weighted by atomic mass is 10.1. The van der Waals surface area contributed by atoms with Gasteiger partial charge in [-0.3, -0.25) is 9.59 Å². The topological polar surface area (TPSA) is 70.7 Å². The highest BCUT2D eigenvalue weighted by atomic mass is 35.5. The molecule has 1 aromatic rings. The fourth-order valence-corrected chi connectivity index (χ4v) is 1.79. The largest absolute Gasteiger partial charge is 0.383 e. The molecule has 0 unspecified atom stereocenters. The second-order valence-corrected chi connectivity index (χ2v) is 5.02. The summed E-state index contributed by atoms with van der Waals surface area (Å²) in [5.41, 5.74) is 0.884. The molecule has 2 N–H and O–H groups in total. The molecule has 0 fully saturated rings. The maximum Gasteiger partial charge on any atom is 0.254 e. The van der Waals surface area contributed by atoms with Gasteiger partial charge in [0.15, 0.2) is 0 Å². The van der Waals surface area contributed by atoms with E-state index >= 15 is 0 Å². The fourth-order valence-electron chi connectivity index (χ4n) is 1.59. The van der Waals surface area contributed by atoms with Gasteiger partial charge >= 0.3 is 0 Å². The summed E-state index contributed by atoms with van der Waals surface area (Å²) in [4.78, 5) is 25.1. The zero-order chi connectivity index (χ0) is 15.8. The Morgan fingerprint density at radius 2 is 2.00 bits per heavy atom. The first-order valence-corrected chi connectivity index (χ1v) is 6.84. The molecule has 0 spiro atoms. The molecule has 6 nitrogen and oxygen atoms in total. The number of hydrogen-bond donors (Lipinski definition) is 2. The van der Waals surface area contributed by atoms with Gasteiger partial charge in [0.05, 0.1) is 23.7 Å². The van der Waals surface area contributed by atoms with Gasteiger partial charge in [-0.1, -0.05) is 11.6 Å². The second kappa shape index (κ2) is 10.4. The van der Waals surface area contributed by atoms with Crippen molar-refractivity contribution in [2.75, 3.05) is 46.2 Å². The van der Waals surface area contributed by atoms with E-state index in [1.54, 1.807) is 39.4 Å². The summed E-state index contributed by atoms with van der Waals surface area (Å²) in [7, 11) is 4.88. The van der Waals surface area contributed by atoms with Crippen LogP contribution in [-0.2, 0) is 9.53 Å². The number of amides is 2. The number of nitrogens with zero attached hydrogens (tertiary/aromatic N) is 1. The monoisotopic (exact) mass is 349 g/mol. The highest BCUT2D eigenvalue weighted by molar-refractivity contribution is 6.34. The van der Waals surface area contributed by atoms with E-state index in [0.29, 0.717) is 29.4 Å². The van der Waals surface area contributed by atoms with Crippen LogP contribution in [0.4, 0.5) is 5.69 Å². The molecule has 124 valence electrons. The summed E-state index contributed by atoms with van der Waals surface area (Å²) in [5.74, 6) is -0.411. The number of methoxy groups -OCH3 is 1.